The van der Waals surface area contributed by atoms with Gasteiger partial charge in [-0.1, -0.05) is 74.1 Å². The lowest BCUT2D eigenvalue weighted by molar-refractivity contribution is 0.0296. The zero-order chi connectivity index (χ0) is 26.6. The van der Waals surface area contributed by atoms with Crippen molar-refractivity contribution in [2.75, 3.05) is 0 Å². The van der Waals surface area contributed by atoms with Crippen LogP contribution in [0.5, 0.6) is 11.5 Å². The minimum atomic E-state index is -0.124. The Morgan fingerprint density at radius 3 is 1.89 bits per heavy atom. The summed E-state index contributed by atoms with van der Waals surface area (Å²) in [7, 11) is 0. The first-order valence-electron chi connectivity index (χ1n) is 14.8. The molecule has 202 valence electrons. The van der Waals surface area contributed by atoms with Gasteiger partial charge in [-0.05, 0) is 112 Å². The molecule has 0 amide bonds. The summed E-state index contributed by atoms with van der Waals surface area (Å²) in [6.07, 6.45) is 13.5. The molecular formula is C33H58O2. The lowest BCUT2D eigenvalue weighted by Crippen LogP contribution is -2.39. The third-order valence-corrected chi connectivity index (χ3v) is 10.2. The largest absolute Gasteiger partial charge is 0.507 e. The molecular weight excluding hydrogens is 428 g/mol. The van der Waals surface area contributed by atoms with Crippen LogP contribution in [0.3, 0.4) is 0 Å². The smallest absolute Gasteiger partial charge is 0.127 e. The van der Waals surface area contributed by atoms with Crippen LogP contribution in [-0.2, 0) is 6.42 Å². The molecule has 1 aromatic carbocycles. The predicted molar refractivity (Wildman–Crippen MR) is 153 cm³/mol. The van der Waals surface area contributed by atoms with Gasteiger partial charge >= 0.3 is 0 Å². The summed E-state index contributed by atoms with van der Waals surface area (Å²) in [5.74, 6) is 3.02. The van der Waals surface area contributed by atoms with Gasteiger partial charge in [0, 0.05) is 5.56 Å². The van der Waals surface area contributed by atoms with E-state index in [9.17, 15) is 5.11 Å². The molecule has 2 nitrogen and oxygen atoms in total. The maximum Gasteiger partial charge on any atom is 0.127 e. The van der Waals surface area contributed by atoms with Gasteiger partial charge in [0.15, 0.2) is 0 Å². The second kappa shape index (κ2) is 11.9. The summed E-state index contributed by atoms with van der Waals surface area (Å²) >= 11 is 0. The molecule has 0 radical (unpaired) electrons. The fraction of sp³-hybridized carbons (Fsp3) is 0.818. The standard InChI is InChI=1S/C33H58O2/c1-12-32(13-2,21-24(7)22-33(14-3,15-4)20-23(5)6)19-18-31(11)17-16-28-27(10)29(34)25(8)26(9)30(28)35-31/h23-24,34H,12-22H2,1-11H3. The zero-order valence-corrected chi connectivity index (χ0v) is 25.3. The van der Waals surface area contributed by atoms with Crippen molar-refractivity contribution in [1.82, 2.24) is 0 Å². The van der Waals surface area contributed by atoms with E-state index in [0.29, 0.717) is 16.6 Å². The molecule has 2 rings (SSSR count). The summed E-state index contributed by atoms with van der Waals surface area (Å²) in [6.45, 7) is 25.4. The minimum absolute atomic E-state index is 0.124. The van der Waals surface area contributed by atoms with Crippen molar-refractivity contribution in [3.05, 3.63) is 22.3 Å². The lowest BCUT2D eigenvalue weighted by Gasteiger charge is -2.43. The summed E-state index contributed by atoms with van der Waals surface area (Å²) < 4.78 is 6.80. The monoisotopic (exact) mass is 486 g/mol. The number of aromatic hydroxyl groups is 1. The first-order chi connectivity index (χ1) is 16.3. The van der Waals surface area contributed by atoms with Crippen LogP contribution in [0.15, 0.2) is 0 Å². The van der Waals surface area contributed by atoms with E-state index in [4.69, 9.17) is 4.74 Å². The quantitative estimate of drug-likeness (QED) is 0.300. The van der Waals surface area contributed by atoms with Crippen molar-refractivity contribution < 1.29 is 9.84 Å². The average molecular weight is 487 g/mol. The Labute approximate surface area is 218 Å². The number of ether oxygens (including phenoxy) is 1. The Morgan fingerprint density at radius 2 is 1.37 bits per heavy atom. The van der Waals surface area contributed by atoms with Crippen molar-refractivity contribution in [3.63, 3.8) is 0 Å². The lowest BCUT2D eigenvalue weighted by atomic mass is 9.65. The minimum Gasteiger partial charge on any atom is -0.507 e. The molecule has 1 heterocycles. The molecule has 0 saturated carbocycles. The van der Waals surface area contributed by atoms with E-state index >= 15 is 0 Å². The maximum atomic E-state index is 10.5. The second-order valence-electron chi connectivity index (χ2n) is 13.1. The topological polar surface area (TPSA) is 29.5 Å². The molecule has 0 aliphatic carbocycles. The molecule has 2 atom stereocenters. The van der Waals surface area contributed by atoms with Gasteiger partial charge in [0.05, 0.1) is 0 Å². The van der Waals surface area contributed by atoms with E-state index < -0.39 is 0 Å². The highest BCUT2D eigenvalue weighted by atomic mass is 16.5. The Hall–Kier alpha value is -1.18. The fourth-order valence-electron chi connectivity index (χ4n) is 7.32. The van der Waals surface area contributed by atoms with Gasteiger partial charge in [0.25, 0.3) is 0 Å². The Morgan fingerprint density at radius 1 is 0.829 bits per heavy atom. The summed E-state index contributed by atoms with van der Waals surface area (Å²) in [4.78, 5) is 0. The van der Waals surface area contributed by atoms with Gasteiger partial charge in [-0.2, -0.15) is 0 Å². The van der Waals surface area contributed by atoms with Crippen LogP contribution in [0.4, 0.5) is 0 Å². The third kappa shape index (κ3) is 6.78. The highest BCUT2D eigenvalue weighted by Crippen LogP contribution is 2.49. The first-order valence-corrected chi connectivity index (χ1v) is 14.8. The van der Waals surface area contributed by atoms with E-state index in [1.165, 1.54) is 56.9 Å². The van der Waals surface area contributed by atoms with Crippen LogP contribution in [-0.4, -0.2) is 10.7 Å². The second-order valence-corrected chi connectivity index (χ2v) is 13.1. The molecule has 0 aromatic heterocycles. The van der Waals surface area contributed by atoms with Crippen molar-refractivity contribution in [1.29, 1.82) is 0 Å². The number of benzene rings is 1. The number of phenolic OH excluding ortho intramolecular Hbond substituents is 1. The van der Waals surface area contributed by atoms with E-state index in [2.05, 4.69) is 62.3 Å². The van der Waals surface area contributed by atoms with E-state index in [-0.39, 0.29) is 5.60 Å². The van der Waals surface area contributed by atoms with Crippen LogP contribution in [0, 0.1) is 43.4 Å². The van der Waals surface area contributed by atoms with E-state index in [1.54, 1.807) is 0 Å². The Balaban J connectivity index is 2.16. The molecule has 1 aromatic rings. The van der Waals surface area contributed by atoms with E-state index in [1.807, 2.05) is 13.8 Å². The van der Waals surface area contributed by atoms with Gasteiger partial charge < -0.3 is 9.84 Å². The molecule has 1 aliphatic heterocycles. The molecule has 1 N–H and O–H groups in total. The molecule has 0 saturated heterocycles. The first kappa shape index (κ1) is 30.0. The predicted octanol–water partition coefficient (Wildman–Crippen LogP) is 10.3. The Bertz CT molecular complexity index is 828. The molecule has 1 aliphatic rings. The molecule has 2 unspecified atom stereocenters. The van der Waals surface area contributed by atoms with Crippen LogP contribution < -0.4 is 4.74 Å². The van der Waals surface area contributed by atoms with Gasteiger partial charge in [0.2, 0.25) is 0 Å². The van der Waals surface area contributed by atoms with Crippen LogP contribution in [0.25, 0.3) is 0 Å². The molecule has 0 bridgehead atoms. The summed E-state index contributed by atoms with van der Waals surface area (Å²) in [5, 5.41) is 10.5. The number of rotatable bonds is 13. The maximum absolute atomic E-state index is 10.5. The third-order valence-electron chi connectivity index (χ3n) is 10.2. The number of hydrogen-bond acceptors (Lipinski definition) is 2. The van der Waals surface area contributed by atoms with Gasteiger partial charge in [0.1, 0.15) is 17.1 Å². The van der Waals surface area contributed by atoms with Crippen molar-refractivity contribution >= 4 is 0 Å². The summed E-state index contributed by atoms with van der Waals surface area (Å²) in [5.41, 5.74) is 5.07. The molecule has 2 heteroatoms. The number of hydrogen-bond donors (Lipinski definition) is 1. The highest BCUT2D eigenvalue weighted by molar-refractivity contribution is 5.58. The van der Waals surface area contributed by atoms with Crippen LogP contribution in [0.2, 0.25) is 0 Å². The van der Waals surface area contributed by atoms with Crippen molar-refractivity contribution in [2.24, 2.45) is 22.7 Å². The average Bonchev–Trinajstić information content (AvgIpc) is 2.83. The van der Waals surface area contributed by atoms with Gasteiger partial charge in [-0.3, -0.25) is 0 Å². The van der Waals surface area contributed by atoms with Crippen molar-refractivity contribution in [2.45, 2.75) is 152 Å². The number of fused-ring (bicyclic) bond motifs is 1. The van der Waals surface area contributed by atoms with Crippen LogP contribution >= 0.6 is 0 Å². The fourth-order valence-corrected chi connectivity index (χ4v) is 7.32. The van der Waals surface area contributed by atoms with Gasteiger partial charge in [-0.25, -0.2) is 0 Å². The highest BCUT2D eigenvalue weighted by Gasteiger charge is 2.39. The SMILES string of the molecule is CCC(CC)(CCC1(C)CCc2c(C)c(O)c(C)c(C)c2O1)CC(C)CC(CC)(CC)CC(C)C. The number of phenols is 1. The molecule has 0 spiro atoms. The zero-order valence-electron chi connectivity index (χ0n) is 25.3. The molecule has 0 fully saturated rings. The van der Waals surface area contributed by atoms with Gasteiger partial charge in [-0.15, -0.1) is 0 Å². The van der Waals surface area contributed by atoms with Crippen molar-refractivity contribution in [3.8, 4) is 11.5 Å². The van der Waals surface area contributed by atoms with E-state index in [0.717, 1.165) is 53.5 Å². The normalized spacial score (nSPS) is 19.5. The molecule has 35 heavy (non-hydrogen) atoms. The van der Waals surface area contributed by atoms with Crippen LogP contribution in [0.1, 0.15) is 142 Å². The Kier molecular flexibility index (Phi) is 10.2. The summed E-state index contributed by atoms with van der Waals surface area (Å²) in [6, 6.07) is 0.